The number of alkyl halides is 3. The summed E-state index contributed by atoms with van der Waals surface area (Å²) in [4.78, 5) is 12.2. The van der Waals surface area contributed by atoms with Crippen LogP contribution in [0.25, 0.3) is 0 Å². The third-order valence-electron chi connectivity index (χ3n) is 3.59. The van der Waals surface area contributed by atoms with Crippen molar-refractivity contribution in [1.82, 2.24) is 5.32 Å². The van der Waals surface area contributed by atoms with Crippen molar-refractivity contribution < 1.29 is 32.5 Å². The molecule has 2 N–H and O–H groups in total. The van der Waals surface area contributed by atoms with Crippen LogP contribution in [0, 0.1) is 0 Å². The summed E-state index contributed by atoms with van der Waals surface area (Å²) in [7, 11) is 1.43. The van der Waals surface area contributed by atoms with E-state index in [0.29, 0.717) is 5.56 Å². The molecule has 0 aliphatic carbocycles. The molecule has 2 aromatic carbocycles. The summed E-state index contributed by atoms with van der Waals surface area (Å²) in [6.07, 6.45) is -4.80. The van der Waals surface area contributed by atoms with Crippen molar-refractivity contribution >= 4 is 5.91 Å². The number of ether oxygens (including phenoxy) is 2. The minimum atomic E-state index is -4.80. The van der Waals surface area contributed by atoms with Crippen molar-refractivity contribution in [2.45, 2.75) is 12.0 Å². The van der Waals surface area contributed by atoms with Crippen molar-refractivity contribution in [2.75, 3.05) is 20.3 Å². The fourth-order valence-electron chi connectivity index (χ4n) is 2.36. The molecular formula is C18H18F3NO4. The van der Waals surface area contributed by atoms with Gasteiger partial charge in [-0.25, -0.2) is 0 Å². The molecule has 0 saturated carbocycles. The van der Waals surface area contributed by atoms with Crippen LogP contribution in [0.4, 0.5) is 13.2 Å². The minimum Gasteiger partial charge on any atom is -0.406 e. The van der Waals surface area contributed by atoms with E-state index < -0.39 is 23.6 Å². The van der Waals surface area contributed by atoms with Crippen LogP contribution in [0.1, 0.15) is 15.9 Å². The van der Waals surface area contributed by atoms with Crippen molar-refractivity contribution in [3.8, 4) is 5.75 Å². The number of rotatable bonds is 7. The van der Waals surface area contributed by atoms with Gasteiger partial charge in [0.25, 0.3) is 5.91 Å². The lowest BCUT2D eigenvalue weighted by Crippen LogP contribution is -2.44. The van der Waals surface area contributed by atoms with E-state index in [0.717, 1.165) is 12.1 Å². The number of carbonyl (C=O) groups excluding carboxylic acids is 1. The molecule has 1 amide bonds. The van der Waals surface area contributed by atoms with Crippen LogP contribution in [0.2, 0.25) is 0 Å². The normalized spacial score (nSPS) is 13.7. The number of carbonyl (C=O) groups is 1. The Morgan fingerprint density at radius 3 is 2.23 bits per heavy atom. The smallest absolute Gasteiger partial charge is 0.406 e. The van der Waals surface area contributed by atoms with Crippen molar-refractivity contribution in [3.63, 3.8) is 0 Å². The van der Waals surface area contributed by atoms with Crippen molar-refractivity contribution in [3.05, 3.63) is 65.7 Å². The lowest BCUT2D eigenvalue weighted by Gasteiger charge is -2.28. The summed E-state index contributed by atoms with van der Waals surface area (Å²) < 4.78 is 45.2. The molecule has 5 nitrogen and oxygen atoms in total. The second kappa shape index (κ2) is 8.20. The molecule has 0 saturated heterocycles. The van der Waals surface area contributed by atoms with Gasteiger partial charge in [-0.3, -0.25) is 4.79 Å². The van der Waals surface area contributed by atoms with E-state index in [1.54, 1.807) is 30.3 Å². The van der Waals surface area contributed by atoms with Gasteiger partial charge < -0.3 is 19.9 Å². The number of hydrogen-bond acceptors (Lipinski definition) is 4. The van der Waals surface area contributed by atoms with Gasteiger partial charge in [-0.1, -0.05) is 30.3 Å². The number of nitrogens with one attached hydrogen (secondary N) is 1. The van der Waals surface area contributed by atoms with Gasteiger partial charge in [-0.05, 0) is 29.8 Å². The Balaban J connectivity index is 2.04. The summed E-state index contributed by atoms with van der Waals surface area (Å²) in [6, 6.07) is 13.2. The Labute approximate surface area is 148 Å². The molecule has 0 unspecified atom stereocenters. The van der Waals surface area contributed by atoms with Gasteiger partial charge in [-0.2, -0.15) is 0 Å². The van der Waals surface area contributed by atoms with Gasteiger partial charge in [0.2, 0.25) is 0 Å². The number of hydrogen-bond donors (Lipinski definition) is 2. The molecule has 0 spiro atoms. The first-order valence-electron chi connectivity index (χ1n) is 7.64. The second-order valence-electron chi connectivity index (χ2n) is 5.59. The van der Waals surface area contributed by atoms with Gasteiger partial charge in [0.05, 0.1) is 13.2 Å². The SMILES string of the molecule is COC[C@@](O)(CNC(=O)c1ccc(OC(F)(F)F)cc1)c1ccccc1. The molecule has 0 aliphatic heterocycles. The van der Waals surface area contributed by atoms with Crippen LogP contribution in [0.15, 0.2) is 54.6 Å². The van der Waals surface area contributed by atoms with E-state index in [9.17, 15) is 23.1 Å². The molecule has 26 heavy (non-hydrogen) atoms. The number of halogens is 3. The molecule has 0 bridgehead atoms. The molecule has 140 valence electrons. The Morgan fingerprint density at radius 2 is 1.69 bits per heavy atom. The maximum Gasteiger partial charge on any atom is 0.573 e. The zero-order valence-electron chi connectivity index (χ0n) is 13.9. The molecule has 0 radical (unpaired) electrons. The van der Waals surface area contributed by atoms with E-state index in [2.05, 4.69) is 10.1 Å². The van der Waals surface area contributed by atoms with Crippen molar-refractivity contribution in [2.24, 2.45) is 0 Å². The summed E-state index contributed by atoms with van der Waals surface area (Å²) in [5.74, 6) is -0.969. The van der Waals surface area contributed by atoms with E-state index in [-0.39, 0.29) is 18.7 Å². The Bertz CT molecular complexity index is 719. The number of methoxy groups -OCH3 is 1. The predicted molar refractivity (Wildman–Crippen MR) is 87.7 cm³/mol. The standard InChI is InChI=1S/C18H18F3NO4/c1-25-12-17(24,14-5-3-2-4-6-14)11-22-16(23)13-7-9-15(10-8-13)26-18(19,20)21/h2-10,24H,11-12H2,1H3,(H,22,23)/t17-/m0/s1. The summed E-state index contributed by atoms with van der Waals surface area (Å²) in [6.45, 7) is -0.180. The van der Waals surface area contributed by atoms with Gasteiger partial charge in [0, 0.05) is 12.7 Å². The van der Waals surface area contributed by atoms with Crippen LogP contribution in [0.3, 0.4) is 0 Å². The predicted octanol–water partition coefficient (Wildman–Crippen LogP) is 2.85. The third-order valence-corrected chi connectivity index (χ3v) is 3.59. The monoisotopic (exact) mass is 369 g/mol. The number of aliphatic hydroxyl groups is 1. The average Bonchev–Trinajstić information content (AvgIpc) is 2.60. The van der Waals surface area contributed by atoms with Gasteiger partial charge in [0.1, 0.15) is 11.4 Å². The van der Waals surface area contributed by atoms with E-state index in [4.69, 9.17) is 4.74 Å². The summed E-state index contributed by atoms with van der Waals surface area (Å²) >= 11 is 0. The summed E-state index contributed by atoms with van der Waals surface area (Å²) in [5, 5.41) is 13.3. The van der Waals surface area contributed by atoms with Crippen LogP contribution >= 0.6 is 0 Å². The number of benzene rings is 2. The highest BCUT2D eigenvalue weighted by Gasteiger charge is 2.31. The maximum absolute atomic E-state index is 12.2. The number of amides is 1. The Morgan fingerprint density at radius 1 is 1.08 bits per heavy atom. The average molecular weight is 369 g/mol. The van der Waals surface area contributed by atoms with E-state index in [1.807, 2.05) is 0 Å². The molecule has 0 aliphatic rings. The van der Waals surface area contributed by atoms with Gasteiger partial charge in [-0.15, -0.1) is 13.2 Å². The van der Waals surface area contributed by atoms with Crippen LogP contribution < -0.4 is 10.1 Å². The first-order chi connectivity index (χ1) is 12.2. The fraction of sp³-hybridized carbons (Fsp3) is 0.278. The van der Waals surface area contributed by atoms with Gasteiger partial charge >= 0.3 is 6.36 Å². The second-order valence-corrected chi connectivity index (χ2v) is 5.59. The quantitative estimate of drug-likeness (QED) is 0.788. The maximum atomic E-state index is 12.2. The lowest BCUT2D eigenvalue weighted by atomic mass is 9.94. The molecule has 1 atom stereocenters. The molecule has 2 aromatic rings. The minimum absolute atomic E-state index is 0.0460. The van der Waals surface area contributed by atoms with Gasteiger partial charge in [0.15, 0.2) is 0 Å². The third kappa shape index (κ3) is 5.47. The highest BCUT2D eigenvalue weighted by molar-refractivity contribution is 5.94. The first-order valence-corrected chi connectivity index (χ1v) is 7.64. The van der Waals surface area contributed by atoms with E-state index in [1.165, 1.54) is 19.2 Å². The fourth-order valence-corrected chi connectivity index (χ4v) is 2.36. The molecule has 0 aromatic heterocycles. The van der Waals surface area contributed by atoms with Crippen LogP contribution in [-0.4, -0.2) is 37.6 Å². The summed E-state index contributed by atoms with van der Waals surface area (Å²) in [5.41, 5.74) is -0.742. The molecule has 0 fully saturated rings. The molecule has 0 heterocycles. The highest BCUT2D eigenvalue weighted by atomic mass is 19.4. The first kappa shape index (κ1) is 19.7. The molecular weight excluding hydrogens is 351 g/mol. The zero-order chi connectivity index (χ0) is 19.2. The lowest BCUT2D eigenvalue weighted by molar-refractivity contribution is -0.274. The largest absolute Gasteiger partial charge is 0.573 e. The molecule has 8 heteroatoms. The zero-order valence-corrected chi connectivity index (χ0v) is 13.9. The molecule has 2 rings (SSSR count). The van der Waals surface area contributed by atoms with Crippen LogP contribution in [-0.2, 0) is 10.3 Å². The van der Waals surface area contributed by atoms with Crippen LogP contribution in [0.5, 0.6) is 5.75 Å². The Kier molecular flexibility index (Phi) is 6.23. The Hall–Kier alpha value is -2.58. The van der Waals surface area contributed by atoms with Crippen molar-refractivity contribution in [1.29, 1.82) is 0 Å². The van der Waals surface area contributed by atoms with E-state index >= 15 is 0 Å². The topological polar surface area (TPSA) is 67.8 Å². The highest BCUT2D eigenvalue weighted by Crippen LogP contribution is 2.23.